The highest BCUT2D eigenvalue weighted by molar-refractivity contribution is 5.91. The topological polar surface area (TPSA) is 42.4 Å². The first kappa shape index (κ1) is 15.8. The monoisotopic (exact) mass is 296 g/mol. The molecular formula is C18H20N2O2. The molecule has 0 aliphatic carbocycles. The zero-order valence-electron chi connectivity index (χ0n) is 12.9. The molecule has 4 nitrogen and oxygen atoms in total. The van der Waals surface area contributed by atoms with Crippen LogP contribution in [0.3, 0.4) is 0 Å². The third-order valence-corrected chi connectivity index (χ3v) is 3.33. The van der Waals surface area contributed by atoms with Gasteiger partial charge < -0.3 is 9.64 Å². The first-order valence-electron chi connectivity index (χ1n) is 7.23. The quantitative estimate of drug-likeness (QED) is 0.769. The number of methoxy groups -OCH3 is 1. The fourth-order valence-corrected chi connectivity index (χ4v) is 2.07. The summed E-state index contributed by atoms with van der Waals surface area (Å²) in [7, 11) is 1.63. The minimum atomic E-state index is -0.0119. The Balaban J connectivity index is 2.03. The minimum absolute atomic E-state index is 0.0119. The second-order valence-electron chi connectivity index (χ2n) is 4.82. The van der Waals surface area contributed by atoms with Crippen LogP contribution in [0.2, 0.25) is 0 Å². The number of hydrogen-bond donors (Lipinski definition) is 0. The maximum absolute atomic E-state index is 12.3. The molecule has 1 aromatic carbocycles. The van der Waals surface area contributed by atoms with Gasteiger partial charge >= 0.3 is 0 Å². The third-order valence-electron chi connectivity index (χ3n) is 3.33. The normalized spacial score (nSPS) is 10.6. The number of amides is 1. The van der Waals surface area contributed by atoms with Gasteiger partial charge in [0.15, 0.2) is 0 Å². The Morgan fingerprint density at radius 1 is 1.27 bits per heavy atom. The number of nitrogens with zero attached hydrogens (tertiary/aromatic N) is 2. The standard InChI is InChI=1S/C18H20N2O2/c1-3-20(14-16-9-11-19-12-10-16)18(21)8-7-15-5-4-6-17(13-15)22-2/h4-13H,3,14H2,1-2H3/b8-7-. The van der Waals surface area contributed by atoms with Gasteiger partial charge in [-0.1, -0.05) is 12.1 Å². The van der Waals surface area contributed by atoms with Crippen LogP contribution in [-0.4, -0.2) is 29.4 Å². The van der Waals surface area contributed by atoms with Crippen LogP contribution in [0.15, 0.2) is 54.9 Å². The van der Waals surface area contributed by atoms with Crippen LogP contribution in [0.25, 0.3) is 6.08 Å². The van der Waals surface area contributed by atoms with Gasteiger partial charge in [0.2, 0.25) is 5.91 Å². The summed E-state index contributed by atoms with van der Waals surface area (Å²) in [6.07, 6.45) is 6.87. The van der Waals surface area contributed by atoms with Crippen molar-refractivity contribution in [3.8, 4) is 5.75 Å². The maximum atomic E-state index is 12.3. The molecule has 0 aliphatic rings. The second-order valence-corrected chi connectivity index (χ2v) is 4.82. The molecule has 4 heteroatoms. The van der Waals surface area contributed by atoms with Crippen LogP contribution in [-0.2, 0) is 11.3 Å². The van der Waals surface area contributed by atoms with Crippen molar-refractivity contribution < 1.29 is 9.53 Å². The molecule has 1 aromatic heterocycles. The SMILES string of the molecule is CCN(Cc1ccncc1)C(=O)/C=C\c1cccc(OC)c1. The molecule has 2 rings (SSSR count). The van der Waals surface area contributed by atoms with E-state index in [2.05, 4.69) is 4.98 Å². The molecule has 0 atom stereocenters. The van der Waals surface area contributed by atoms with Crippen LogP contribution in [0, 0.1) is 0 Å². The van der Waals surface area contributed by atoms with Crippen LogP contribution in [0.1, 0.15) is 18.1 Å². The fourth-order valence-electron chi connectivity index (χ4n) is 2.07. The Morgan fingerprint density at radius 3 is 2.73 bits per heavy atom. The Morgan fingerprint density at radius 2 is 2.05 bits per heavy atom. The number of benzene rings is 1. The highest BCUT2D eigenvalue weighted by atomic mass is 16.5. The molecule has 1 amide bonds. The molecule has 114 valence electrons. The summed E-state index contributed by atoms with van der Waals surface area (Å²) in [5.41, 5.74) is 2.01. The number of carbonyl (C=O) groups is 1. The van der Waals surface area contributed by atoms with Crippen LogP contribution in [0.5, 0.6) is 5.75 Å². The second kappa shape index (κ2) is 7.98. The van der Waals surface area contributed by atoms with E-state index in [1.165, 1.54) is 0 Å². The minimum Gasteiger partial charge on any atom is -0.497 e. The first-order chi connectivity index (χ1) is 10.7. The largest absolute Gasteiger partial charge is 0.497 e. The van der Waals surface area contributed by atoms with E-state index in [0.717, 1.165) is 16.9 Å². The van der Waals surface area contributed by atoms with E-state index in [0.29, 0.717) is 13.1 Å². The van der Waals surface area contributed by atoms with Gasteiger partial charge in [-0.2, -0.15) is 0 Å². The van der Waals surface area contributed by atoms with E-state index in [1.807, 2.05) is 43.3 Å². The molecule has 0 saturated heterocycles. The van der Waals surface area contributed by atoms with Crippen molar-refractivity contribution in [2.75, 3.05) is 13.7 Å². The molecule has 0 spiro atoms. The van der Waals surface area contributed by atoms with Crippen molar-refractivity contribution in [1.29, 1.82) is 0 Å². The first-order valence-corrected chi connectivity index (χ1v) is 7.23. The lowest BCUT2D eigenvalue weighted by molar-refractivity contribution is -0.126. The van der Waals surface area contributed by atoms with Crippen molar-refractivity contribution in [3.05, 3.63) is 66.0 Å². The van der Waals surface area contributed by atoms with Crippen molar-refractivity contribution in [3.63, 3.8) is 0 Å². The summed E-state index contributed by atoms with van der Waals surface area (Å²) in [5, 5.41) is 0. The Hall–Kier alpha value is -2.62. The fraction of sp³-hybridized carbons (Fsp3) is 0.222. The highest BCUT2D eigenvalue weighted by Crippen LogP contribution is 2.14. The molecule has 0 bridgehead atoms. The zero-order chi connectivity index (χ0) is 15.8. The molecule has 1 heterocycles. The summed E-state index contributed by atoms with van der Waals surface area (Å²) in [5.74, 6) is 0.765. The van der Waals surface area contributed by atoms with Gasteiger partial charge in [-0.05, 0) is 48.4 Å². The molecule has 22 heavy (non-hydrogen) atoms. The van der Waals surface area contributed by atoms with Gasteiger partial charge in [-0.15, -0.1) is 0 Å². The Labute approximate surface area is 131 Å². The molecule has 2 aromatic rings. The molecular weight excluding hydrogens is 276 g/mol. The molecule has 0 fully saturated rings. The smallest absolute Gasteiger partial charge is 0.246 e. The number of likely N-dealkylation sites (N-methyl/N-ethyl adjacent to an activating group) is 1. The third kappa shape index (κ3) is 4.45. The lowest BCUT2D eigenvalue weighted by Gasteiger charge is -2.19. The van der Waals surface area contributed by atoms with Crippen molar-refractivity contribution >= 4 is 12.0 Å². The zero-order valence-corrected chi connectivity index (χ0v) is 12.9. The van der Waals surface area contributed by atoms with Crippen LogP contribution >= 0.6 is 0 Å². The number of aromatic nitrogens is 1. The number of rotatable bonds is 6. The molecule has 0 unspecified atom stereocenters. The lowest BCUT2D eigenvalue weighted by Crippen LogP contribution is -2.28. The van der Waals surface area contributed by atoms with Gasteiger partial charge in [-0.3, -0.25) is 9.78 Å². The lowest BCUT2D eigenvalue weighted by atomic mass is 10.2. The molecule has 0 radical (unpaired) electrons. The van der Waals surface area contributed by atoms with E-state index in [9.17, 15) is 4.79 Å². The number of pyridine rings is 1. The molecule has 0 aliphatic heterocycles. The van der Waals surface area contributed by atoms with Gasteiger partial charge in [0.1, 0.15) is 5.75 Å². The van der Waals surface area contributed by atoms with E-state index in [-0.39, 0.29) is 5.91 Å². The molecule has 0 N–H and O–H groups in total. The van der Waals surface area contributed by atoms with Crippen molar-refractivity contribution in [2.45, 2.75) is 13.5 Å². The summed E-state index contributed by atoms with van der Waals surface area (Å²) >= 11 is 0. The number of ether oxygens (including phenoxy) is 1. The number of hydrogen-bond acceptors (Lipinski definition) is 3. The van der Waals surface area contributed by atoms with Gasteiger partial charge in [-0.25, -0.2) is 0 Å². The van der Waals surface area contributed by atoms with Gasteiger partial charge in [0.25, 0.3) is 0 Å². The Bertz CT molecular complexity index is 639. The van der Waals surface area contributed by atoms with E-state index < -0.39 is 0 Å². The van der Waals surface area contributed by atoms with Crippen molar-refractivity contribution in [1.82, 2.24) is 9.88 Å². The van der Waals surface area contributed by atoms with Crippen LogP contribution in [0.4, 0.5) is 0 Å². The average molecular weight is 296 g/mol. The highest BCUT2D eigenvalue weighted by Gasteiger charge is 2.08. The summed E-state index contributed by atoms with van der Waals surface area (Å²) in [6, 6.07) is 11.4. The van der Waals surface area contributed by atoms with Crippen molar-refractivity contribution in [2.24, 2.45) is 0 Å². The predicted octanol–water partition coefficient (Wildman–Crippen LogP) is 3.15. The Kier molecular flexibility index (Phi) is 5.72. The predicted molar refractivity (Wildman–Crippen MR) is 87.4 cm³/mol. The maximum Gasteiger partial charge on any atom is 0.246 e. The summed E-state index contributed by atoms with van der Waals surface area (Å²) < 4.78 is 5.17. The summed E-state index contributed by atoms with van der Waals surface area (Å²) in [6.45, 7) is 3.21. The average Bonchev–Trinajstić information content (AvgIpc) is 2.58. The van der Waals surface area contributed by atoms with Gasteiger partial charge in [0, 0.05) is 31.6 Å². The summed E-state index contributed by atoms with van der Waals surface area (Å²) in [4.78, 5) is 18.1. The molecule has 0 saturated carbocycles. The van der Waals surface area contributed by atoms with E-state index in [1.54, 1.807) is 36.6 Å². The van der Waals surface area contributed by atoms with E-state index >= 15 is 0 Å². The van der Waals surface area contributed by atoms with Crippen LogP contribution < -0.4 is 4.74 Å². The number of carbonyl (C=O) groups excluding carboxylic acids is 1. The van der Waals surface area contributed by atoms with Gasteiger partial charge in [0.05, 0.1) is 7.11 Å². The van der Waals surface area contributed by atoms with E-state index in [4.69, 9.17) is 4.74 Å².